The van der Waals surface area contributed by atoms with Gasteiger partial charge in [-0.1, -0.05) is 18.2 Å². The maximum atomic E-state index is 11.8. The Labute approximate surface area is 174 Å². The maximum Gasteiger partial charge on any atom is 0.179 e. The Bertz CT molecular complexity index is 1460. The van der Waals surface area contributed by atoms with Gasteiger partial charge in [-0.3, -0.25) is 0 Å². The van der Waals surface area contributed by atoms with Crippen LogP contribution in [0.1, 0.15) is 0 Å². The molecule has 30 heavy (non-hydrogen) atoms. The lowest BCUT2D eigenvalue weighted by atomic mass is 10.1. The minimum Gasteiger partial charge on any atom is -0.352 e. The van der Waals surface area contributed by atoms with Crippen molar-refractivity contribution in [3.8, 4) is 11.3 Å². The summed E-state index contributed by atoms with van der Waals surface area (Å²) in [5.74, 6) is 0. The Kier molecular flexibility index (Phi) is 4.83. The molecule has 0 atom stereocenters. The van der Waals surface area contributed by atoms with Crippen molar-refractivity contribution in [1.82, 2.24) is 14.6 Å². The molecule has 154 valence electrons. The van der Waals surface area contributed by atoms with Crippen LogP contribution in [0.3, 0.4) is 0 Å². The predicted octanol–water partition coefficient (Wildman–Crippen LogP) is 2.95. The van der Waals surface area contributed by atoms with Crippen LogP contribution < -0.4 is 5.32 Å². The van der Waals surface area contributed by atoms with E-state index in [1.807, 2.05) is 12.1 Å². The first-order valence-corrected chi connectivity index (χ1v) is 12.6. The highest BCUT2D eigenvalue weighted by atomic mass is 32.2. The second-order valence-electron chi connectivity index (χ2n) is 6.85. The van der Waals surface area contributed by atoms with Crippen molar-refractivity contribution in [1.29, 1.82) is 0 Å². The minimum absolute atomic E-state index is 0.215. The molecule has 0 amide bonds. The zero-order valence-corrected chi connectivity index (χ0v) is 17.8. The Morgan fingerprint density at radius 3 is 2.20 bits per heavy atom. The topological polar surface area (TPSA) is 110 Å². The van der Waals surface area contributed by atoms with E-state index in [4.69, 9.17) is 0 Å². The molecule has 4 rings (SSSR count). The maximum absolute atomic E-state index is 11.8. The summed E-state index contributed by atoms with van der Waals surface area (Å²) in [5, 5.41) is 7.46. The molecule has 0 spiro atoms. The second-order valence-corrected chi connectivity index (χ2v) is 10.9. The fraction of sp³-hybridized carbons (Fsp3) is 0.100. The quantitative estimate of drug-likeness (QED) is 0.506. The van der Waals surface area contributed by atoms with Crippen LogP contribution in [-0.4, -0.2) is 43.9 Å². The van der Waals surface area contributed by atoms with Crippen LogP contribution in [0.4, 0.5) is 11.4 Å². The van der Waals surface area contributed by atoms with Gasteiger partial charge in [0, 0.05) is 23.8 Å². The van der Waals surface area contributed by atoms with Crippen molar-refractivity contribution in [3.63, 3.8) is 0 Å². The van der Waals surface area contributed by atoms with Crippen molar-refractivity contribution in [3.05, 3.63) is 67.0 Å². The summed E-state index contributed by atoms with van der Waals surface area (Å²) >= 11 is 0. The summed E-state index contributed by atoms with van der Waals surface area (Å²) < 4.78 is 48.6. The molecule has 0 radical (unpaired) electrons. The fourth-order valence-corrected chi connectivity index (χ4v) is 4.36. The van der Waals surface area contributed by atoms with Crippen LogP contribution in [0.25, 0.3) is 16.9 Å². The van der Waals surface area contributed by atoms with Crippen molar-refractivity contribution < 1.29 is 16.8 Å². The highest BCUT2D eigenvalue weighted by molar-refractivity contribution is 7.91. The summed E-state index contributed by atoms with van der Waals surface area (Å²) in [4.78, 5) is 4.76. The molecule has 0 unspecified atom stereocenters. The summed E-state index contributed by atoms with van der Waals surface area (Å²) in [6.45, 7) is 0. The van der Waals surface area contributed by atoms with Gasteiger partial charge in [-0.25, -0.2) is 26.3 Å². The molecule has 0 saturated heterocycles. The van der Waals surface area contributed by atoms with Gasteiger partial charge in [-0.15, -0.1) is 0 Å². The summed E-state index contributed by atoms with van der Waals surface area (Å²) in [7, 11) is -6.60. The molecule has 2 aromatic carbocycles. The predicted molar refractivity (Wildman–Crippen MR) is 114 cm³/mol. The number of anilines is 2. The van der Waals surface area contributed by atoms with E-state index in [1.54, 1.807) is 47.0 Å². The average Bonchev–Trinajstić information content (AvgIpc) is 3.18. The van der Waals surface area contributed by atoms with Gasteiger partial charge in [0.1, 0.15) is 6.33 Å². The molecule has 10 heteroatoms. The highest BCUT2D eigenvalue weighted by Gasteiger charge is 2.13. The number of hydrogen-bond acceptors (Lipinski definition) is 7. The third kappa shape index (κ3) is 3.91. The van der Waals surface area contributed by atoms with Crippen molar-refractivity contribution >= 4 is 36.7 Å². The van der Waals surface area contributed by atoms with Gasteiger partial charge in [-0.05, 0) is 42.5 Å². The van der Waals surface area contributed by atoms with Crippen molar-refractivity contribution in [2.75, 3.05) is 17.8 Å². The van der Waals surface area contributed by atoms with Crippen LogP contribution in [-0.2, 0) is 19.7 Å². The number of benzene rings is 2. The minimum atomic E-state index is -3.32. The summed E-state index contributed by atoms with van der Waals surface area (Å²) in [5.41, 5.74) is 3.31. The summed E-state index contributed by atoms with van der Waals surface area (Å²) in [6, 6.07) is 16.7. The Balaban J connectivity index is 1.73. The standard InChI is InChI=1S/C20H18N4O4S2/c1-29(25,26)16-8-6-14(7-9-16)19-11-10-18(20-21-13-22-24(19)20)23-15-4-3-5-17(12-15)30(2,27)28/h3-13,23H,1-2H3. The van der Waals surface area contributed by atoms with E-state index in [2.05, 4.69) is 15.4 Å². The Morgan fingerprint density at radius 1 is 0.833 bits per heavy atom. The molecule has 2 heterocycles. The van der Waals surface area contributed by atoms with Crippen LogP contribution >= 0.6 is 0 Å². The molecule has 0 aliphatic rings. The number of fused-ring (bicyclic) bond motifs is 1. The molecule has 0 saturated carbocycles. The van der Waals surface area contributed by atoms with E-state index in [1.165, 1.54) is 12.4 Å². The first-order chi connectivity index (χ1) is 14.1. The van der Waals surface area contributed by atoms with Crippen LogP contribution in [0.5, 0.6) is 0 Å². The molecule has 0 aliphatic carbocycles. The average molecular weight is 443 g/mol. The van der Waals surface area contributed by atoms with Gasteiger partial charge in [0.05, 0.1) is 21.2 Å². The number of nitrogens with zero attached hydrogens (tertiary/aromatic N) is 3. The normalized spacial score (nSPS) is 12.2. The highest BCUT2D eigenvalue weighted by Crippen LogP contribution is 2.28. The zero-order chi connectivity index (χ0) is 21.5. The van der Waals surface area contributed by atoms with E-state index < -0.39 is 19.7 Å². The van der Waals surface area contributed by atoms with Crippen LogP contribution in [0.15, 0.2) is 76.8 Å². The first kappa shape index (κ1) is 20.0. The molecule has 0 aliphatic heterocycles. The monoisotopic (exact) mass is 442 g/mol. The molecule has 4 aromatic rings. The van der Waals surface area contributed by atoms with E-state index in [-0.39, 0.29) is 9.79 Å². The Morgan fingerprint density at radius 2 is 1.53 bits per heavy atom. The number of pyridine rings is 1. The number of sulfone groups is 2. The van der Waals surface area contributed by atoms with Crippen LogP contribution in [0.2, 0.25) is 0 Å². The number of hydrogen-bond donors (Lipinski definition) is 1. The first-order valence-electron chi connectivity index (χ1n) is 8.83. The molecule has 1 N–H and O–H groups in total. The van der Waals surface area contributed by atoms with Crippen molar-refractivity contribution in [2.24, 2.45) is 0 Å². The third-order valence-corrected chi connectivity index (χ3v) is 6.78. The lowest BCUT2D eigenvalue weighted by Gasteiger charge is -2.11. The van der Waals surface area contributed by atoms with E-state index in [0.29, 0.717) is 17.0 Å². The van der Waals surface area contributed by atoms with E-state index in [9.17, 15) is 16.8 Å². The van der Waals surface area contributed by atoms with Gasteiger partial charge < -0.3 is 5.32 Å². The third-order valence-electron chi connectivity index (χ3n) is 4.54. The number of aromatic nitrogens is 3. The second kappa shape index (κ2) is 7.22. The van der Waals surface area contributed by atoms with E-state index in [0.717, 1.165) is 23.8 Å². The van der Waals surface area contributed by atoms with Gasteiger partial charge in [0.15, 0.2) is 25.3 Å². The lowest BCUT2D eigenvalue weighted by molar-refractivity contribution is 0.600. The molecule has 0 bridgehead atoms. The van der Waals surface area contributed by atoms with Crippen molar-refractivity contribution in [2.45, 2.75) is 9.79 Å². The molecular weight excluding hydrogens is 424 g/mol. The summed E-state index contributed by atoms with van der Waals surface area (Å²) in [6.07, 6.45) is 3.74. The zero-order valence-electron chi connectivity index (χ0n) is 16.1. The number of rotatable bonds is 5. The van der Waals surface area contributed by atoms with Gasteiger partial charge in [0.2, 0.25) is 0 Å². The molecule has 8 nitrogen and oxygen atoms in total. The van der Waals surface area contributed by atoms with Gasteiger partial charge >= 0.3 is 0 Å². The molecule has 0 fully saturated rings. The molecular formula is C20H18N4O4S2. The SMILES string of the molecule is CS(=O)(=O)c1ccc(-c2ccc(Nc3cccc(S(C)(=O)=O)c3)c3ncnn23)cc1. The lowest BCUT2D eigenvalue weighted by Crippen LogP contribution is -2.01. The van der Waals surface area contributed by atoms with E-state index >= 15 is 0 Å². The van der Waals surface area contributed by atoms with Gasteiger partial charge in [0.25, 0.3) is 0 Å². The smallest absolute Gasteiger partial charge is 0.179 e. The van der Waals surface area contributed by atoms with Crippen LogP contribution in [0, 0.1) is 0 Å². The molecule has 2 aromatic heterocycles. The van der Waals surface area contributed by atoms with Gasteiger partial charge in [-0.2, -0.15) is 5.10 Å². The largest absolute Gasteiger partial charge is 0.352 e. The Hall–Kier alpha value is -3.24. The number of nitrogens with one attached hydrogen (secondary N) is 1. The fourth-order valence-electron chi connectivity index (χ4n) is 3.06.